The molecule has 11 N–H and O–H groups in total. The Morgan fingerprint density at radius 3 is 0.800 bits per heavy atom. The largest absolute Gasteiger partial charge is 0.480 e. The maximum absolute atomic E-state index is 11.0. The monoisotopic (exact) mass is 453 g/mol. The minimum atomic E-state index is -1.24. The van der Waals surface area contributed by atoms with Crippen LogP contribution in [0.2, 0.25) is 0 Å². The molecule has 0 aliphatic rings. The molecule has 0 heterocycles. The molecule has 0 aromatic rings. The fourth-order valence-electron chi connectivity index (χ4n) is 2.22. The Kier molecular flexibility index (Phi) is 22.3. The summed E-state index contributed by atoms with van der Waals surface area (Å²) in [4.78, 5) is 57.6. The SMILES string of the molecule is N.N.O=C(O)CN(CCN(CC(=O)O)CC(=O)O)CCN(CC(=O)O)CC(=O)O.[MgH2]. The van der Waals surface area contributed by atoms with Crippen molar-refractivity contribution in [3.63, 3.8) is 0 Å². The number of carbonyl (C=O) groups is 5. The molecule has 0 aliphatic heterocycles. The van der Waals surface area contributed by atoms with Gasteiger partial charge >= 0.3 is 52.9 Å². The summed E-state index contributed by atoms with van der Waals surface area (Å²) < 4.78 is 0. The zero-order chi connectivity index (χ0) is 21.0. The van der Waals surface area contributed by atoms with Crippen LogP contribution in [0.1, 0.15) is 0 Å². The lowest BCUT2D eigenvalue weighted by Gasteiger charge is -2.27. The molecule has 0 fully saturated rings. The van der Waals surface area contributed by atoms with Crippen LogP contribution in [-0.2, 0) is 24.0 Å². The minimum Gasteiger partial charge on any atom is -0.480 e. The zero-order valence-electron chi connectivity index (χ0n) is 15.9. The molecule has 15 nitrogen and oxygen atoms in total. The Balaban J connectivity index is -0.00000113. The number of nitrogens with zero attached hydrogens (tertiary/aromatic N) is 3. The van der Waals surface area contributed by atoms with Gasteiger partial charge in [-0.3, -0.25) is 38.7 Å². The zero-order valence-corrected chi connectivity index (χ0v) is 15.9. The summed E-state index contributed by atoms with van der Waals surface area (Å²) >= 11 is 0. The first-order chi connectivity index (χ1) is 12.5. The van der Waals surface area contributed by atoms with Gasteiger partial charge in [0.1, 0.15) is 0 Å². The van der Waals surface area contributed by atoms with E-state index in [1.807, 2.05) is 0 Å². The van der Waals surface area contributed by atoms with E-state index < -0.39 is 62.6 Å². The quantitative estimate of drug-likeness (QED) is 0.113. The third kappa shape index (κ3) is 20.6. The topological polar surface area (TPSA) is 266 Å². The number of carboxylic acid groups (broad SMARTS) is 5. The molecule has 174 valence electrons. The van der Waals surface area contributed by atoms with Crippen LogP contribution in [0.3, 0.4) is 0 Å². The normalized spacial score (nSPS) is 9.97. The summed E-state index contributed by atoms with van der Waals surface area (Å²) in [5.74, 6) is -6.16. The van der Waals surface area contributed by atoms with Gasteiger partial charge in [-0.25, -0.2) is 0 Å². The van der Waals surface area contributed by atoms with Gasteiger partial charge in [0.2, 0.25) is 0 Å². The van der Waals surface area contributed by atoms with E-state index in [1.54, 1.807) is 0 Å². The van der Waals surface area contributed by atoms with Crippen LogP contribution < -0.4 is 12.3 Å². The standard InChI is InChI=1S/C14H23N3O10.Mg.2H3N.2H/c18-10(19)5-15(1-3-16(6-11(20)21)7-12(22)23)2-4-17(8-13(24)25)9-14(26)27;;;;;/h1-9H2,(H,18,19)(H,20,21)(H,22,23)(H,24,25)(H,26,27);;2*1H3;;. The van der Waals surface area contributed by atoms with Gasteiger partial charge in [-0.1, -0.05) is 0 Å². The third-order valence-electron chi connectivity index (χ3n) is 3.26. The maximum atomic E-state index is 11.0. The number of rotatable bonds is 16. The van der Waals surface area contributed by atoms with Crippen LogP contribution in [0.4, 0.5) is 0 Å². The van der Waals surface area contributed by atoms with Gasteiger partial charge < -0.3 is 37.8 Å². The Bertz CT molecular complexity index is 493. The van der Waals surface area contributed by atoms with Crippen molar-refractivity contribution in [3.8, 4) is 0 Å². The van der Waals surface area contributed by atoms with E-state index in [0.29, 0.717) is 0 Å². The van der Waals surface area contributed by atoms with Gasteiger partial charge in [0.25, 0.3) is 0 Å². The van der Waals surface area contributed by atoms with E-state index in [0.717, 1.165) is 9.80 Å². The minimum absolute atomic E-state index is 0. The van der Waals surface area contributed by atoms with Crippen molar-refractivity contribution in [1.29, 1.82) is 0 Å². The summed E-state index contributed by atoms with van der Waals surface area (Å²) in [5, 5.41) is 44.1. The summed E-state index contributed by atoms with van der Waals surface area (Å²) in [7, 11) is 0. The predicted octanol–water partition coefficient (Wildman–Crippen LogP) is -3.28. The molecule has 0 spiro atoms. The molecule has 0 saturated carbocycles. The summed E-state index contributed by atoms with van der Waals surface area (Å²) in [6.07, 6.45) is 0. The van der Waals surface area contributed by atoms with E-state index >= 15 is 0 Å². The molecular formula is C14H31MgN5O10. The number of hydrogen-bond acceptors (Lipinski definition) is 10. The summed E-state index contributed by atoms with van der Waals surface area (Å²) in [5.41, 5.74) is 0. The van der Waals surface area contributed by atoms with Gasteiger partial charge in [0.15, 0.2) is 0 Å². The van der Waals surface area contributed by atoms with Crippen molar-refractivity contribution in [3.05, 3.63) is 0 Å². The molecule has 0 rings (SSSR count). The van der Waals surface area contributed by atoms with Gasteiger partial charge in [-0.05, 0) is 0 Å². The van der Waals surface area contributed by atoms with E-state index in [1.165, 1.54) is 4.90 Å². The lowest BCUT2D eigenvalue weighted by molar-refractivity contribution is -0.143. The first-order valence-electron chi connectivity index (χ1n) is 7.75. The van der Waals surface area contributed by atoms with E-state index in [4.69, 9.17) is 25.5 Å². The van der Waals surface area contributed by atoms with E-state index in [-0.39, 0.29) is 61.5 Å². The fourth-order valence-corrected chi connectivity index (χ4v) is 2.22. The molecule has 0 aromatic heterocycles. The van der Waals surface area contributed by atoms with E-state index in [9.17, 15) is 24.0 Å². The van der Waals surface area contributed by atoms with Crippen LogP contribution in [-0.4, -0.2) is 152 Å². The second-order valence-corrected chi connectivity index (χ2v) is 5.67. The highest BCUT2D eigenvalue weighted by Crippen LogP contribution is 1.97. The molecule has 0 unspecified atom stereocenters. The van der Waals surface area contributed by atoms with E-state index in [2.05, 4.69) is 0 Å². The van der Waals surface area contributed by atoms with Crippen molar-refractivity contribution in [2.24, 2.45) is 0 Å². The fraction of sp³-hybridized carbons (Fsp3) is 0.643. The highest BCUT2D eigenvalue weighted by Gasteiger charge is 2.19. The summed E-state index contributed by atoms with van der Waals surface area (Å²) in [6, 6.07) is 0. The van der Waals surface area contributed by atoms with Crippen LogP contribution in [0.25, 0.3) is 0 Å². The number of hydrogen-bond donors (Lipinski definition) is 7. The second-order valence-electron chi connectivity index (χ2n) is 5.67. The predicted molar refractivity (Wildman–Crippen MR) is 106 cm³/mol. The number of aliphatic carboxylic acids is 5. The highest BCUT2D eigenvalue weighted by atomic mass is 24.3. The molecule has 0 radical (unpaired) electrons. The maximum Gasteiger partial charge on any atom is 0.317 e. The Morgan fingerprint density at radius 1 is 0.433 bits per heavy atom. The molecule has 16 heteroatoms. The van der Waals surface area contributed by atoms with Gasteiger partial charge in [0.05, 0.1) is 32.7 Å². The Labute approximate surface area is 188 Å². The molecular weight excluding hydrogens is 422 g/mol. The first-order valence-corrected chi connectivity index (χ1v) is 7.75. The van der Waals surface area contributed by atoms with Crippen molar-refractivity contribution >= 4 is 52.9 Å². The molecule has 0 aliphatic carbocycles. The van der Waals surface area contributed by atoms with Crippen LogP contribution in [0.5, 0.6) is 0 Å². The average molecular weight is 454 g/mol. The third-order valence-corrected chi connectivity index (χ3v) is 3.26. The smallest absolute Gasteiger partial charge is 0.317 e. The molecule has 0 bridgehead atoms. The molecule has 0 saturated heterocycles. The lowest BCUT2D eigenvalue weighted by Crippen LogP contribution is -2.45. The molecule has 30 heavy (non-hydrogen) atoms. The van der Waals surface area contributed by atoms with Crippen LogP contribution in [0, 0.1) is 0 Å². The Morgan fingerprint density at radius 2 is 0.600 bits per heavy atom. The van der Waals surface area contributed by atoms with Gasteiger partial charge in [-0.15, -0.1) is 0 Å². The first kappa shape index (κ1) is 35.4. The average Bonchev–Trinajstić information content (AvgIpc) is 2.46. The highest BCUT2D eigenvalue weighted by molar-refractivity contribution is 5.75. The van der Waals surface area contributed by atoms with Crippen molar-refractivity contribution in [1.82, 2.24) is 27.0 Å². The van der Waals surface area contributed by atoms with Crippen molar-refractivity contribution in [2.45, 2.75) is 0 Å². The Hall–Kier alpha value is -2.08. The number of carboxylic acids is 5. The van der Waals surface area contributed by atoms with Gasteiger partial charge in [-0.2, -0.15) is 0 Å². The summed E-state index contributed by atoms with van der Waals surface area (Å²) in [6.45, 7) is -2.74. The van der Waals surface area contributed by atoms with Crippen LogP contribution in [0.15, 0.2) is 0 Å². The van der Waals surface area contributed by atoms with Crippen molar-refractivity contribution in [2.75, 3.05) is 58.9 Å². The molecule has 0 aromatic carbocycles. The molecule has 0 amide bonds. The van der Waals surface area contributed by atoms with Crippen molar-refractivity contribution < 1.29 is 49.5 Å². The lowest BCUT2D eigenvalue weighted by atomic mass is 10.3. The second kappa shape index (κ2) is 18.9. The van der Waals surface area contributed by atoms with Gasteiger partial charge in [0, 0.05) is 26.2 Å². The molecule has 0 atom stereocenters. The van der Waals surface area contributed by atoms with Crippen LogP contribution >= 0.6 is 0 Å².